The molecule has 0 aliphatic rings. The fourth-order valence-corrected chi connectivity index (χ4v) is 2.69. The van der Waals surface area contributed by atoms with E-state index in [4.69, 9.17) is 34.8 Å². The van der Waals surface area contributed by atoms with E-state index >= 15 is 0 Å². The number of carbonyl (C=O) groups excluding carboxylic acids is 1. The summed E-state index contributed by atoms with van der Waals surface area (Å²) in [6.07, 6.45) is 1.63. The van der Waals surface area contributed by atoms with Gasteiger partial charge in [0.25, 0.3) is 0 Å². The summed E-state index contributed by atoms with van der Waals surface area (Å²) in [5, 5.41) is 11.1. The van der Waals surface area contributed by atoms with Crippen LogP contribution in [0, 0.1) is 0 Å². The number of rotatable bonds is 4. The number of amides is 2. The Balaban J connectivity index is 1.67. The fraction of sp³-hybridized carbons (Fsp3) is 0.0588. The minimum atomic E-state index is -0.452. The van der Waals surface area contributed by atoms with Crippen LogP contribution in [0.25, 0.3) is 0 Å². The van der Waals surface area contributed by atoms with Gasteiger partial charge in [-0.1, -0.05) is 53.0 Å². The van der Waals surface area contributed by atoms with Gasteiger partial charge < -0.3 is 5.32 Å². The monoisotopic (exact) mass is 394 g/mol. The fourth-order valence-electron chi connectivity index (χ4n) is 2.17. The van der Waals surface area contributed by atoms with Gasteiger partial charge in [-0.2, -0.15) is 5.10 Å². The second kappa shape index (κ2) is 7.78. The zero-order chi connectivity index (χ0) is 17.8. The Labute approximate surface area is 159 Å². The molecule has 128 valence electrons. The van der Waals surface area contributed by atoms with Crippen LogP contribution in [0.3, 0.4) is 0 Å². The number of aromatic nitrogens is 2. The van der Waals surface area contributed by atoms with E-state index in [1.807, 2.05) is 18.2 Å². The maximum absolute atomic E-state index is 12.1. The van der Waals surface area contributed by atoms with Crippen LogP contribution >= 0.6 is 34.8 Å². The summed E-state index contributed by atoms with van der Waals surface area (Å²) in [6.45, 7) is 0.444. The van der Waals surface area contributed by atoms with E-state index in [2.05, 4.69) is 15.7 Å². The molecule has 0 radical (unpaired) electrons. The maximum atomic E-state index is 12.1. The van der Waals surface area contributed by atoms with Gasteiger partial charge in [0.1, 0.15) is 5.02 Å². The highest BCUT2D eigenvalue weighted by atomic mass is 35.5. The highest BCUT2D eigenvalue weighted by molar-refractivity contribution is 6.33. The van der Waals surface area contributed by atoms with Crippen LogP contribution in [-0.4, -0.2) is 15.8 Å². The third-order valence-electron chi connectivity index (χ3n) is 3.34. The zero-order valence-corrected chi connectivity index (χ0v) is 15.1. The molecule has 0 bridgehead atoms. The van der Waals surface area contributed by atoms with Crippen molar-refractivity contribution in [3.63, 3.8) is 0 Å². The molecule has 0 fully saturated rings. The summed E-state index contributed by atoms with van der Waals surface area (Å²) in [5.74, 6) is 0.264. The zero-order valence-electron chi connectivity index (χ0n) is 12.8. The molecule has 0 saturated heterocycles. The summed E-state index contributed by atoms with van der Waals surface area (Å²) >= 11 is 18.1. The number of nitrogens with one attached hydrogen (secondary N) is 2. The topological polar surface area (TPSA) is 59.0 Å². The SMILES string of the molecule is O=C(Nc1ccc(Cl)cc1)Nc1nn(Cc2ccccc2Cl)cc1Cl. The van der Waals surface area contributed by atoms with Crippen molar-refractivity contribution in [3.05, 3.63) is 75.4 Å². The first kappa shape index (κ1) is 17.6. The van der Waals surface area contributed by atoms with Crippen LogP contribution in [0.2, 0.25) is 15.1 Å². The largest absolute Gasteiger partial charge is 0.324 e. The molecule has 0 spiro atoms. The molecule has 3 rings (SSSR count). The van der Waals surface area contributed by atoms with Gasteiger partial charge in [0.05, 0.1) is 6.54 Å². The molecule has 2 aromatic carbocycles. The summed E-state index contributed by atoms with van der Waals surface area (Å²) in [5.41, 5.74) is 1.51. The van der Waals surface area contributed by atoms with Gasteiger partial charge in [-0.25, -0.2) is 4.79 Å². The number of nitrogens with zero attached hydrogens (tertiary/aromatic N) is 2. The molecule has 5 nitrogen and oxygen atoms in total. The lowest BCUT2D eigenvalue weighted by Crippen LogP contribution is -2.20. The average Bonchev–Trinajstić information content (AvgIpc) is 2.91. The van der Waals surface area contributed by atoms with Crippen molar-refractivity contribution in [2.75, 3.05) is 10.6 Å². The smallest absolute Gasteiger partial charge is 0.308 e. The molecule has 0 aliphatic carbocycles. The molecule has 1 aromatic heterocycles. The van der Waals surface area contributed by atoms with Gasteiger partial charge in [0.2, 0.25) is 0 Å². The van der Waals surface area contributed by atoms with Crippen molar-refractivity contribution in [1.82, 2.24) is 9.78 Å². The molecule has 1 heterocycles. The van der Waals surface area contributed by atoms with Crippen LogP contribution in [0.15, 0.2) is 54.7 Å². The van der Waals surface area contributed by atoms with Crippen LogP contribution < -0.4 is 10.6 Å². The lowest BCUT2D eigenvalue weighted by atomic mass is 10.2. The Morgan fingerprint density at radius 1 is 0.960 bits per heavy atom. The standard InChI is InChI=1S/C17H13Cl3N4O/c18-12-5-7-13(8-6-12)21-17(25)22-16-15(20)10-24(23-16)9-11-3-1-2-4-14(11)19/h1-8,10H,9H2,(H2,21,22,23,25). The van der Waals surface area contributed by atoms with Crippen LogP contribution in [-0.2, 0) is 6.54 Å². The number of benzene rings is 2. The Morgan fingerprint density at radius 3 is 2.40 bits per heavy atom. The summed E-state index contributed by atoms with van der Waals surface area (Å²) < 4.78 is 1.61. The van der Waals surface area contributed by atoms with E-state index in [-0.39, 0.29) is 5.82 Å². The number of hydrogen-bond acceptors (Lipinski definition) is 2. The van der Waals surface area contributed by atoms with E-state index < -0.39 is 6.03 Å². The maximum Gasteiger partial charge on any atom is 0.324 e. The molecule has 0 saturated carbocycles. The Kier molecular flexibility index (Phi) is 5.48. The third kappa shape index (κ3) is 4.66. The van der Waals surface area contributed by atoms with E-state index in [1.165, 1.54) is 0 Å². The molecule has 2 amide bonds. The van der Waals surface area contributed by atoms with Gasteiger partial charge in [-0.15, -0.1) is 0 Å². The highest BCUT2D eigenvalue weighted by Crippen LogP contribution is 2.22. The summed E-state index contributed by atoms with van der Waals surface area (Å²) in [6, 6.07) is 13.8. The van der Waals surface area contributed by atoms with Gasteiger partial charge >= 0.3 is 6.03 Å². The van der Waals surface area contributed by atoms with Gasteiger partial charge in [-0.3, -0.25) is 10.00 Å². The Morgan fingerprint density at radius 2 is 1.68 bits per heavy atom. The first-order valence-corrected chi connectivity index (χ1v) is 8.44. The molecule has 0 aliphatic heterocycles. The number of urea groups is 1. The van der Waals surface area contributed by atoms with Crippen molar-refractivity contribution >= 4 is 52.3 Å². The molecule has 8 heteroatoms. The Hall–Kier alpha value is -2.21. The molecule has 3 aromatic rings. The first-order chi connectivity index (χ1) is 12.0. The number of anilines is 2. The van der Waals surface area contributed by atoms with Crippen molar-refractivity contribution in [3.8, 4) is 0 Å². The van der Waals surface area contributed by atoms with Crippen LogP contribution in [0.5, 0.6) is 0 Å². The molecular formula is C17H13Cl3N4O. The second-order valence-corrected chi connectivity index (χ2v) is 6.45. The molecular weight excluding hydrogens is 383 g/mol. The Bertz CT molecular complexity index is 893. The van der Waals surface area contributed by atoms with Crippen molar-refractivity contribution in [1.29, 1.82) is 0 Å². The molecule has 0 atom stereocenters. The van der Waals surface area contributed by atoms with E-state index in [1.54, 1.807) is 41.2 Å². The summed E-state index contributed by atoms with van der Waals surface area (Å²) in [4.78, 5) is 12.1. The minimum absolute atomic E-state index is 0.264. The predicted octanol–water partition coefficient (Wildman–Crippen LogP) is 5.54. The molecule has 2 N–H and O–H groups in total. The third-order valence-corrected chi connectivity index (χ3v) is 4.24. The molecule has 0 unspecified atom stereocenters. The van der Waals surface area contributed by atoms with Crippen LogP contribution in [0.1, 0.15) is 5.56 Å². The minimum Gasteiger partial charge on any atom is -0.308 e. The first-order valence-electron chi connectivity index (χ1n) is 7.31. The van der Waals surface area contributed by atoms with Crippen molar-refractivity contribution in [2.45, 2.75) is 6.54 Å². The normalized spacial score (nSPS) is 10.5. The van der Waals surface area contributed by atoms with E-state index in [0.29, 0.717) is 27.3 Å². The number of carbonyl (C=O) groups is 1. The quantitative estimate of drug-likeness (QED) is 0.609. The van der Waals surface area contributed by atoms with Crippen molar-refractivity contribution < 1.29 is 4.79 Å². The number of halogens is 3. The van der Waals surface area contributed by atoms with E-state index in [0.717, 1.165) is 5.56 Å². The molecule has 25 heavy (non-hydrogen) atoms. The van der Waals surface area contributed by atoms with Gasteiger partial charge in [0.15, 0.2) is 5.82 Å². The van der Waals surface area contributed by atoms with Gasteiger partial charge in [0, 0.05) is 21.9 Å². The second-order valence-electron chi connectivity index (χ2n) is 5.20. The highest BCUT2D eigenvalue weighted by Gasteiger charge is 2.12. The van der Waals surface area contributed by atoms with Crippen molar-refractivity contribution in [2.24, 2.45) is 0 Å². The lowest BCUT2D eigenvalue weighted by molar-refractivity contribution is 0.262. The number of hydrogen-bond donors (Lipinski definition) is 2. The average molecular weight is 396 g/mol. The van der Waals surface area contributed by atoms with Crippen LogP contribution in [0.4, 0.5) is 16.3 Å². The predicted molar refractivity (Wildman–Crippen MR) is 102 cm³/mol. The summed E-state index contributed by atoms with van der Waals surface area (Å²) in [7, 11) is 0. The lowest BCUT2D eigenvalue weighted by Gasteiger charge is -2.06. The van der Waals surface area contributed by atoms with E-state index in [9.17, 15) is 4.79 Å². The van der Waals surface area contributed by atoms with Gasteiger partial charge in [-0.05, 0) is 35.9 Å².